The second-order valence-corrected chi connectivity index (χ2v) is 6.41. The van der Waals surface area contributed by atoms with Crippen molar-refractivity contribution in [3.05, 3.63) is 58.6 Å². The molecule has 2 heterocycles. The van der Waals surface area contributed by atoms with Crippen LogP contribution in [0.25, 0.3) is 5.69 Å². The van der Waals surface area contributed by atoms with Crippen LogP contribution in [0.1, 0.15) is 29.2 Å². The van der Waals surface area contributed by atoms with Gasteiger partial charge in [-0.2, -0.15) is 5.10 Å². The number of carbonyl (C=O) groups is 1. The number of nitrogens with zero attached hydrogens (tertiary/aromatic N) is 4. The third-order valence-electron chi connectivity index (χ3n) is 3.47. The molecule has 0 aliphatic heterocycles. The van der Waals surface area contributed by atoms with Crippen molar-refractivity contribution in [1.29, 1.82) is 0 Å². The van der Waals surface area contributed by atoms with Crippen LogP contribution in [0.4, 0.5) is 4.79 Å². The van der Waals surface area contributed by atoms with Crippen molar-refractivity contribution in [2.75, 3.05) is 0 Å². The van der Waals surface area contributed by atoms with Crippen LogP contribution in [0.5, 0.6) is 0 Å². The number of aryl methyl sites for hydroxylation is 1. The fraction of sp³-hybridized carbons (Fsp3) is 0.250. The molecule has 0 aliphatic carbocycles. The van der Waals surface area contributed by atoms with E-state index in [0.29, 0.717) is 6.54 Å². The van der Waals surface area contributed by atoms with Crippen LogP contribution in [-0.4, -0.2) is 25.8 Å². The summed E-state index contributed by atoms with van der Waals surface area (Å²) in [7, 11) is 0. The number of urea groups is 1. The lowest BCUT2D eigenvalue weighted by Crippen LogP contribution is -2.36. The molecule has 8 heteroatoms. The minimum Gasteiger partial charge on any atom is -0.334 e. The van der Waals surface area contributed by atoms with Gasteiger partial charge in [0.2, 0.25) is 0 Å². The summed E-state index contributed by atoms with van der Waals surface area (Å²) in [6, 6.07) is 7.42. The van der Waals surface area contributed by atoms with Gasteiger partial charge in [-0.25, -0.2) is 19.4 Å². The van der Waals surface area contributed by atoms with Crippen LogP contribution < -0.4 is 10.6 Å². The summed E-state index contributed by atoms with van der Waals surface area (Å²) in [5.41, 5.74) is 2.76. The quantitative estimate of drug-likeness (QED) is 0.746. The highest BCUT2D eigenvalue weighted by Crippen LogP contribution is 2.15. The lowest BCUT2D eigenvalue weighted by Gasteiger charge is -2.13. The Labute approximate surface area is 143 Å². The first-order chi connectivity index (χ1) is 11.6. The Balaban J connectivity index is 1.55. The van der Waals surface area contributed by atoms with Gasteiger partial charge in [-0.15, -0.1) is 11.3 Å². The van der Waals surface area contributed by atoms with Crippen LogP contribution in [0, 0.1) is 6.92 Å². The smallest absolute Gasteiger partial charge is 0.315 e. The minimum atomic E-state index is -0.223. The molecule has 24 heavy (non-hydrogen) atoms. The molecular formula is C16H18N6OS. The molecule has 2 aromatic heterocycles. The summed E-state index contributed by atoms with van der Waals surface area (Å²) in [4.78, 5) is 20.4. The molecule has 3 rings (SSSR count). The van der Waals surface area contributed by atoms with Gasteiger partial charge in [0.25, 0.3) is 0 Å². The Kier molecular flexibility index (Phi) is 4.85. The summed E-state index contributed by atoms with van der Waals surface area (Å²) < 4.78 is 1.68. The molecule has 1 atom stereocenters. The monoisotopic (exact) mass is 342 g/mol. The summed E-state index contributed by atoms with van der Waals surface area (Å²) in [6.45, 7) is 4.29. The van der Waals surface area contributed by atoms with Crippen LogP contribution in [0.15, 0.2) is 42.3 Å². The number of rotatable bonds is 5. The van der Waals surface area contributed by atoms with E-state index in [1.54, 1.807) is 22.3 Å². The van der Waals surface area contributed by atoms with Crippen molar-refractivity contribution >= 4 is 17.4 Å². The van der Waals surface area contributed by atoms with E-state index in [-0.39, 0.29) is 12.1 Å². The number of amides is 2. The normalized spacial score (nSPS) is 11.9. The number of hydrogen-bond donors (Lipinski definition) is 2. The fourth-order valence-electron chi connectivity index (χ4n) is 2.23. The Bertz CT molecular complexity index is 814. The molecule has 2 N–H and O–H groups in total. The summed E-state index contributed by atoms with van der Waals surface area (Å²) in [6.07, 6.45) is 3.12. The van der Waals surface area contributed by atoms with Crippen LogP contribution >= 0.6 is 11.3 Å². The van der Waals surface area contributed by atoms with Crippen LogP contribution in [-0.2, 0) is 6.54 Å². The van der Waals surface area contributed by atoms with Crippen molar-refractivity contribution in [1.82, 2.24) is 30.4 Å². The number of thiazole rings is 1. The maximum Gasteiger partial charge on any atom is 0.315 e. The van der Waals surface area contributed by atoms with Crippen molar-refractivity contribution in [3.8, 4) is 5.69 Å². The fourth-order valence-corrected chi connectivity index (χ4v) is 2.94. The summed E-state index contributed by atoms with van der Waals surface area (Å²) in [5.74, 6) is 0. The predicted molar refractivity (Wildman–Crippen MR) is 92.0 cm³/mol. The lowest BCUT2D eigenvalue weighted by molar-refractivity contribution is 0.237. The summed E-state index contributed by atoms with van der Waals surface area (Å²) in [5, 5.41) is 12.8. The molecule has 1 aromatic carbocycles. The third-order valence-corrected chi connectivity index (χ3v) is 4.27. The Morgan fingerprint density at radius 1 is 1.42 bits per heavy atom. The number of nitrogens with one attached hydrogen (secondary N) is 2. The molecule has 0 radical (unpaired) electrons. The molecule has 0 aliphatic rings. The van der Waals surface area contributed by atoms with E-state index >= 15 is 0 Å². The second kappa shape index (κ2) is 7.22. The van der Waals surface area contributed by atoms with Gasteiger partial charge in [-0.3, -0.25) is 0 Å². The first-order valence-electron chi connectivity index (χ1n) is 7.52. The molecule has 0 bridgehead atoms. The SMILES string of the molecule is Cc1nc([C@H](C)NC(=O)NCc2cccc(-n3cncn3)c2)cs1. The van der Waals surface area contributed by atoms with Gasteiger partial charge in [0, 0.05) is 11.9 Å². The van der Waals surface area contributed by atoms with Crippen molar-refractivity contribution < 1.29 is 4.79 Å². The van der Waals surface area contributed by atoms with Gasteiger partial charge >= 0.3 is 6.03 Å². The average molecular weight is 342 g/mol. The number of aromatic nitrogens is 4. The standard InChI is InChI=1S/C16H18N6OS/c1-11(15-8-24-12(2)21-15)20-16(23)18-7-13-4-3-5-14(6-13)22-10-17-9-19-22/h3-6,8-11H,7H2,1-2H3,(H2,18,20,23)/t11-/m0/s1. The Morgan fingerprint density at radius 2 is 2.29 bits per heavy atom. The van der Waals surface area contributed by atoms with Gasteiger partial charge < -0.3 is 10.6 Å². The van der Waals surface area contributed by atoms with Gasteiger partial charge in [0.05, 0.1) is 22.4 Å². The largest absolute Gasteiger partial charge is 0.334 e. The number of benzene rings is 1. The molecule has 3 aromatic rings. The zero-order valence-electron chi connectivity index (χ0n) is 13.4. The highest BCUT2D eigenvalue weighted by atomic mass is 32.1. The highest BCUT2D eigenvalue weighted by molar-refractivity contribution is 7.09. The topological polar surface area (TPSA) is 84.7 Å². The number of carbonyl (C=O) groups excluding carboxylic acids is 1. The molecule has 0 unspecified atom stereocenters. The van der Waals surface area contributed by atoms with E-state index in [9.17, 15) is 4.79 Å². The molecular weight excluding hydrogens is 324 g/mol. The molecule has 0 saturated heterocycles. The highest BCUT2D eigenvalue weighted by Gasteiger charge is 2.11. The van der Waals surface area contributed by atoms with Crippen molar-refractivity contribution in [2.45, 2.75) is 26.4 Å². The van der Waals surface area contributed by atoms with E-state index in [4.69, 9.17) is 0 Å². The van der Waals surface area contributed by atoms with Crippen molar-refractivity contribution in [2.24, 2.45) is 0 Å². The molecule has 0 saturated carbocycles. The lowest BCUT2D eigenvalue weighted by atomic mass is 10.2. The zero-order chi connectivity index (χ0) is 16.9. The van der Waals surface area contributed by atoms with E-state index in [0.717, 1.165) is 22.0 Å². The minimum absolute atomic E-state index is 0.128. The van der Waals surface area contributed by atoms with Gasteiger partial charge in [0.1, 0.15) is 12.7 Å². The Morgan fingerprint density at radius 3 is 3.00 bits per heavy atom. The molecule has 2 amide bonds. The van der Waals surface area contributed by atoms with Gasteiger partial charge in [-0.05, 0) is 31.5 Å². The van der Waals surface area contributed by atoms with E-state index in [2.05, 4.69) is 25.7 Å². The van der Waals surface area contributed by atoms with Crippen LogP contribution in [0.2, 0.25) is 0 Å². The predicted octanol–water partition coefficient (Wildman–Crippen LogP) is 2.59. The van der Waals surface area contributed by atoms with E-state index in [1.165, 1.54) is 6.33 Å². The van der Waals surface area contributed by atoms with Gasteiger partial charge in [-0.1, -0.05) is 12.1 Å². The summed E-state index contributed by atoms with van der Waals surface area (Å²) >= 11 is 1.57. The maximum absolute atomic E-state index is 12.0. The molecule has 0 fully saturated rings. The van der Waals surface area contributed by atoms with Gasteiger partial charge in [0.15, 0.2) is 0 Å². The molecule has 124 valence electrons. The maximum atomic E-state index is 12.0. The third kappa shape index (κ3) is 3.96. The first kappa shape index (κ1) is 16.1. The first-order valence-corrected chi connectivity index (χ1v) is 8.40. The second-order valence-electron chi connectivity index (χ2n) is 5.35. The van der Waals surface area contributed by atoms with Crippen molar-refractivity contribution in [3.63, 3.8) is 0 Å². The van der Waals surface area contributed by atoms with Crippen LogP contribution in [0.3, 0.4) is 0 Å². The number of hydrogen-bond acceptors (Lipinski definition) is 5. The van der Waals surface area contributed by atoms with E-state index < -0.39 is 0 Å². The Hall–Kier alpha value is -2.74. The zero-order valence-corrected chi connectivity index (χ0v) is 14.2. The molecule has 0 spiro atoms. The molecule has 7 nitrogen and oxygen atoms in total. The average Bonchev–Trinajstić information content (AvgIpc) is 3.25. The van der Waals surface area contributed by atoms with E-state index in [1.807, 2.05) is 43.5 Å².